The number of carbonyl (C=O) groups excluding carboxylic acids is 1. The quantitative estimate of drug-likeness (QED) is 0.529. The lowest BCUT2D eigenvalue weighted by Crippen LogP contribution is -2.36. The largest absolute Gasteiger partial charge is 0.451 e. The normalized spacial score (nSPS) is 14.3. The second-order valence-corrected chi connectivity index (χ2v) is 8.69. The molecule has 1 saturated heterocycles. The molecule has 154 valence electrons. The van der Waals surface area contributed by atoms with Crippen molar-refractivity contribution in [3.8, 4) is 0 Å². The summed E-state index contributed by atoms with van der Waals surface area (Å²) >= 11 is 0. The van der Waals surface area contributed by atoms with Gasteiger partial charge in [0.15, 0.2) is 5.76 Å². The van der Waals surface area contributed by atoms with Gasteiger partial charge in [0.2, 0.25) is 0 Å². The molecule has 0 radical (unpaired) electrons. The van der Waals surface area contributed by atoms with Gasteiger partial charge in [0.1, 0.15) is 27.3 Å². The average molecular weight is 429 g/mol. The summed E-state index contributed by atoms with van der Waals surface area (Å²) in [6, 6.07) is 8.65. The summed E-state index contributed by atoms with van der Waals surface area (Å²) in [7, 11) is -2.70. The number of benzene rings is 2. The number of amides is 1. The number of rotatable bonds is 4. The molecule has 3 heterocycles. The van der Waals surface area contributed by atoms with Gasteiger partial charge in [-0.15, -0.1) is 0 Å². The second-order valence-electron chi connectivity index (χ2n) is 7.04. The lowest BCUT2D eigenvalue weighted by molar-refractivity contribution is 0.0956. The van der Waals surface area contributed by atoms with Crippen molar-refractivity contribution in [3.63, 3.8) is 0 Å². The molecule has 9 nitrogen and oxygen atoms in total. The fourth-order valence-electron chi connectivity index (χ4n) is 3.41. The minimum Gasteiger partial charge on any atom is -0.451 e. The predicted molar refractivity (Wildman–Crippen MR) is 106 cm³/mol. The maximum atomic E-state index is 14.5. The summed E-state index contributed by atoms with van der Waals surface area (Å²) in [6.45, 7) is 1.65. The summed E-state index contributed by atoms with van der Waals surface area (Å²) in [5.41, 5.74) is 1.34. The number of hydrogen-bond acceptors (Lipinski definition) is 7. The van der Waals surface area contributed by atoms with Crippen LogP contribution in [0, 0.1) is 5.82 Å². The predicted octanol–water partition coefficient (Wildman–Crippen LogP) is 2.18. The molecule has 0 saturated carbocycles. The molecule has 4 aromatic rings. The number of sulfonamides is 1. The topological polar surface area (TPSA) is 110 Å². The Labute approximate surface area is 170 Å². The maximum absolute atomic E-state index is 14.5. The number of nitrogens with zero attached hydrogens (tertiary/aromatic N) is 4. The SMILES string of the molecule is Cn1nc2cccc(S(=O)(=O)NC(=O)c3cc4c(F)cc(N5CCC5)cc4o3)c2n1. The number of fused-ring (bicyclic) bond motifs is 2. The van der Waals surface area contributed by atoms with Gasteiger partial charge in [0.25, 0.3) is 10.0 Å². The number of carbonyl (C=O) groups is 1. The van der Waals surface area contributed by atoms with Gasteiger partial charge in [-0.1, -0.05) is 6.07 Å². The first-order valence-corrected chi connectivity index (χ1v) is 10.7. The van der Waals surface area contributed by atoms with Gasteiger partial charge in [0.05, 0.1) is 5.39 Å². The van der Waals surface area contributed by atoms with E-state index in [4.69, 9.17) is 4.42 Å². The Hall–Kier alpha value is -3.47. The lowest BCUT2D eigenvalue weighted by Gasteiger charge is -2.33. The molecular formula is C19H16FN5O4S. The first-order valence-electron chi connectivity index (χ1n) is 9.17. The van der Waals surface area contributed by atoms with Gasteiger partial charge in [-0.25, -0.2) is 17.5 Å². The summed E-state index contributed by atoms with van der Waals surface area (Å²) in [5, 5.41) is 8.21. The minimum atomic E-state index is -4.26. The first-order chi connectivity index (χ1) is 14.3. The fourth-order valence-corrected chi connectivity index (χ4v) is 4.52. The summed E-state index contributed by atoms with van der Waals surface area (Å²) in [5.74, 6) is -1.85. The lowest BCUT2D eigenvalue weighted by atomic mass is 10.1. The molecule has 1 fully saturated rings. The first kappa shape index (κ1) is 18.6. The minimum absolute atomic E-state index is 0.109. The van der Waals surface area contributed by atoms with E-state index >= 15 is 0 Å². The molecule has 5 rings (SSSR count). The van der Waals surface area contributed by atoms with Crippen molar-refractivity contribution in [2.75, 3.05) is 18.0 Å². The zero-order valence-electron chi connectivity index (χ0n) is 15.8. The van der Waals surface area contributed by atoms with Crippen LogP contribution in [0.4, 0.5) is 10.1 Å². The van der Waals surface area contributed by atoms with Crippen LogP contribution < -0.4 is 9.62 Å². The Morgan fingerprint density at radius 2 is 2.00 bits per heavy atom. The number of hydrogen-bond donors (Lipinski definition) is 1. The molecule has 11 heteroatoms. The fraction of sp³-hybridized carbons (Fsp3) is 0.211. The van der Waals surface area contributed by atoms with Crippen molar-refractivity contribution in [2.45, 2.75) is 11.3 Å². The monoisotopic (exact) mass is 429 g/mol. The number of furan rings is 1. The molecule has 1 amide bonds. The second kappa shape index (κ2) is 6.52. The van der Waals surface area contributed by atoms with Gasteiger partial charge in [-0.3, -0.25) is 4.79 Å². The van der Waals surface area contributed by atoms with Crippen LogP contribution in [-0.4, -0.2) is 42.4 Å². The highest BCUT2D eigenvalue weighted by atomic mass is 32.2. The number of nitrogens with one attached hydrogen (secondary N) is 1. The van der Waals surface area contributed by atoms with Crippen LogP contribution in [0.3, 0.4) is 0 Å². The zero-order chi connectivity index (χ0) is 21.0. The molecule has 0 bridgehead atoms. The molecule has 30 heavy (non-hydrogen) atoms. The molecule has 1 aliphatic rings. The number of aryl methyl sites for hydroxylation is 1. The molecule has 1 aliphatic heterocycles. The molecule has 0 unspecified atom stereocenters. The Balaban J connectivity index is 1.48. The van der Waals surface area contributed by atoms with E-state index in [1.807, 2.05) is 9.62 Å². The van der Waals surface area contributed by atoms with E-state index in [0.29, 0.717) is 11.2 Å². The number of anilines is 1. The van der Waals surface area contributed by atoms with Gasteiger partial charge in [0, 0.05) is 38.0 Å². The molecular weight excluding hydrogens is 413 g/mol. The van der Waals surface area contributed by atoms with Crippen molar-refractivity contribution in [1.29, 1.82) is 0 Å². The molecule has 1 N–H and O–H groups in total. The van der Waals surface area contributed by atoms with Gasteiger partial charge >= 0.3 is 5.91 Å². The van der Waals surface area contributed by atoms with E-state index in [0.717, 1.165) is 19.5 Å². The zero-order valence-corrected chi connectivity index (χ0v) is 16.6. The van der Waals surface area contributed by atoms with Gasteiger partial charge in [-0.05, 0) is 24.6 Å². The third-order valence-electron chi connectivity index (χ3n) is 5.01. The molecule has 2 aromatic heterocycles. The smallest absolute Gasteiger partial charge is 0.300 e. The third-order valence-corrected chi connectivity index (χ3v) is 6.37. The highest BCUT2D eigenvalue weighted by Crippen LogP contribution is 2.30. The average Bonchev–Trinajstić information content (AvgIpc) is 3.22. The van der Waals surface area contributed by atoms with Crippen LogP contribution in [0.15, 0.2) is 45.7 Å². The van der Waals surface area contributed by atoms with E-state index in [-0.39, 0.29) is 27.1 Å². The van der Waals surface area contributed by atoms with E-state index in [1.54, 1.807) is 19.2 Å². The third kappa shape index (κ3) is 2.98. The Morgan fingerprint density at radius 1 is 1.20 bits per heavy atom. The van der Waals surface area contributed by atoms with Crippen molar-refractivity contribution >= 4 is 43.6 Å². The van der Waals surface area contributed by atoms with Crippen LogP contribution in [-0.2, 0) is 17.1 Å². The van der Waals surface area contributed by atoms with Gasteiger partial charge in [-0.2, -0.15) is 15.0 Å². The van der Waals surface area contributed by atoms with E-state index in [9.17, 15) is 17.6 Å². The van der Waals surface area contributed by atoms with Crippen molar-refractivity contribution in [2.24, 2.45) is 7.05 Å². The molecule has 2 aromatic carbocycles. The van der Waals surface area contributed by atoms with E-state index in [1.165, 1.54) is 29.1 Å². The van der Waals surface area contributed by atoms with Crippen molar-refractivity contribution < 1.29 is 22.0 Å². The standard InChI is InChI=1S/C19H16FN5O4S/c1-24-21-14-4-2-5-17(18(14)22-24)30(27,28)23-19(26)16-10-12-13(20)8-11(9-15(12)29-16)25-6-3-7-25/h2,4-5,8-10H,3,6-7H2,1H3,(H,23,26). The number of halogens is 1. The number of aromatic nitrogens is 3. The van der Waals surface area contributed by atoms with Crippen molar-refractivity contribution in [1.82, 2.24) is 19.7 Å². The van der Waals surface area contributed by atoms with Crippen LogP contribution in [0.1, 0.15) is 17.0 Å². The summed E-state index contributed by atoms with van der Waals surface area (Å²) < 4.78 is 47.5. The van der Waals surface area contributed by atoms with E-state index < -0.39 is 21.7 Å². The highest BCUT2D eigenvalue weighted by Gasteiger charge is 2.26. The molecule has 0 atom stereocenters. The van der Waals surface area contributed by atoms with E-state index in [2.05, 4.69) is 10.2 Å². The maximum Gasteiger partial charge on any atom is 0.300 e. The summed E-state index contributed by atoms with van der Waals surface area (Å²) in [4.78, 5) is 15.6. The Kier molecular flexibility index (Phi) is 4.03. The van der Waals surface area contributed by atoms with Crippen LogP contribution in [0.5, 0.6) is 0 Å². The van der Waals surface area contributed by atoms with Crippen LogP contribution in [0.25, 0.3) is 22.0 Å². The highest BCUT2D eigenvalue weighted by molar-refractivity contribution is 7.90. The summed E-state index contributed by atoms with van der Waals surface area (Å²) in [6.07, 6.45) is 1.03. The van der Waals surface area contributed by atoms with Gasteiger partial charge < -0.3 is 9.32 Å². The Morgan fingerprint density at radius 3 is 2.73 bits per heavy atom. The molecule has 0 spiro atoms. The molecule has 0 aliphatic carbocycles. The van der Waals surface area contributed by atoms with Crippen LogP contribution >= 0.6 is 0 Å². The van der Waals surface area contributed by atoms with Crippen molar-refractivity contribution in [3.05, 3.63) is 48.0 Å². The van der Waals surface area contributed by atoms with Crippen LogP contribution in [0.2, 0.25) is 0 Å². The Bertz CT molecular complexity index is 1420.